The summed E-state index contributed by atoms with van der Waals surface area (Å²) >= 11 is 0. The molecule has 6 rings (SSSR count). The van der Waals surface area contributed by atoms with E-state index >= 15 is 8.78 Å². The first-order chi connectivity index (χ1) is 18.5. The van der Waals surface area contributed by atoms with E-state index in [1.54, 1.807) is 0 Å². The molecule has 6 heteroatoms. The number of hydrogen-bond acceptors (Lipinski definition) is 3. The molecule has 3 heterocycles. The number of rotatable bonds is 8. The zero-order valence-electron chi connectivity index (χ0n) is 22.8. The van der Waals surface area contributed by atoms with Crippen molar-refractivity contribution in [2.75, 3.05) is 32.8 Å². The molecule has 3 aromatic rings. The summed E-state index contributed by atoms with van der Waals surface area (Å²) in [6.45, 7) is 8.70. The molecular weight excluding hydrogens is 480 g/mol. The van der Waals surface area contributed by atoms with Gasteiger partial charge >= 0.3 is 0 Å². The van der Waals surface area contributed by atoms with E-state index in [4.69, 9.17) is 4.74 Å². The standard InChI is InChI=1S/C32H41F2N3O/c1-3-22-18-36(19-22)13-14-38-24-16-27(33)30(28(34)17-24)32-31-26(25-11-7-8-12-29(25)35-31)15-21(2)37(32)20-23-9-5-4-6-10-23/h7-8,11-12,16-17,21-23,32,35H,3-6,9-10,13-15,18-20H2,1-2H3/t21-,32-/m1/s1. The highest BCUT2D eigenvalue weighted by atomic mass is 19.1. The summed E-state index contributed by atoms with van der Waals surface area (Å²) in [5.74, 6) is 0.575. The normalized spacial score (nSPS) is 23.5. The Hall–Kier alpha value is -2.44. The third-order valence-corrected chi connectivity index (χ3v) is 9.32. The van der Waals surface area contributed by atoms with Gasteiger partial charge in [-0.15, -0.1) is 0 Å². The lowest BCUT2D eigenvalue weighted by molar-refractivity contribution is 0.0804. The summed E-state index contributed by atoms with van der Waals surface area (Å²) in [7, 11) is 0. The molecule has 1 aliphatic carbocycles. The van der Waals surface area contributed by atoms with Crippen LogP contribution in [0.15, 0.2) is 36.4 Å². The Morgan fingerprint density at radius 3 is 2.47 bits per heavy atom. The Balaban J connectivity index is 1.30. The van der Waals surface area contributed by atoms with E-state index in [2.05, 4.69) is 40.8 Å². The molecule has 0 unspecified atom stereocenters. The second kappa shape index (κ2) is 11.0. The van der Waals surface area contributed by atoms with Crippen molar-refractivity contribution in [1.82, 2.24) is 14.8 Å². The first-order valence-corrected chi connectivity index (χ1v) is 14.7. The van der Waals surface area contributed by atoms with Gasteiger partial charge in [0.25, 0.3) is 0 Å². The first kappa shape index (κ1) is 25.8. The number of nitrogens with one attached hydrogen (secondary N) is 1. The fraction of sp³-hybridized carbons (Fsp3) is 0.562. The van der Waals surface area contributed by atoms with Gasteiger partial charge in [0.2, 0.25) is 0 Å². The molecule has 1 N–H and O–H groups in total. The van der Waals surface area contributed by atoms with Gasteiger partial charge in [-0.25, -0.2) is 8.78 Å². The molecule has 0 amide bonds. The molecule has 2 aliphatic heterocycles. The maximum atomic E-state index is 15.9. The molecule has 0 radical (unpaired) electrons. The minimum Gasteiger partial charge on any atom is -0.492 e. The molecule has 2 atom stereocenters. The van der Waals surface area contributed by atoms with Crippen molar-refractivity contribution >= 4 is 10.9 Å². The zero-order chi connectivity index (χ0) is 26.2. The second-order valence-electron chi connectivity index (χ2n) is 11.9. The van der Waals surface area contributed by atoms with Crippen molar-refractivity contribution in [2.24, 2.45) is 11.8 Å². The Kier molecular flexibility index (Phi) is 7.45. The third-order valence-electron chi connectivity index (χ3n) is 9.32. The molecule has 1 saturated carbocycles. The SMILES string of the molecule is CCC1CN(CCOc2cc(F)c([C@@H]3c4[nH]c5ccccc5c4C[C@@H](C)N3CC3CCCCC3)c(F)c2)C1. The van der Waals surface area contributed by atoms with Crippen molar-refractivity contribution in [1.29, 1.82) is 0 Å². The van der Waals surface area contributed by atoms with E-state index < -0.39 is 17.7 Å². The number of H-pyrrole nitrogens is 1. The van der Waals surface area contributed by atoms with E-state index in [0.717, 1.165) is 55.1 Å². The molecule has 0 bridgehead atoms. The van der Waals surface area contributed by atoms with Gasteiger partial charge in [0, 0.05) is 66.5 Å². The lowest BCUT2D eigenvalue weighted by Crippen LogP contribution is -2.47. The zero-order valence-corrected chi connectivity index (χ0v) is 22.8. The maximum absolute atomic E-state index is 15.9. The Morgan fingerprint density at radius 2 is 1.74 bits per heavy atom. The van der Waals surface area contributed by atoms with Crippen molar-refractivity contribution in [3.8, 4) is 5.75 Å². The maximum Gasteiger partial charge on any atom is 0.135 e. The topological polar surface area (TPSA) is 31.5 Å². The number of fused-ring (bicyclic) bond motifs is 3. The fourth-order valence-electron chi connectivity index (χ4n) is 7.09. The fourth-order valence-corrected chi connectivity index (χ4v) is 7.09. The van der Waals surface area contributed by atoms with Crippen molar-refractivity contribution in [3.63, 3.8) is 0 Å². The number of likely N-dealkylation sites (tertiary alicyclic amines) is 1. The van der Waals surface area contributed by atoms with Gasteiger partial charge in [-0.05, 0) is 49.7 Å². The second-order valence-corrected chi connectivity index (χ2v) is 11.9. The van der Waals surface area contributed by atoms with E-state index in [9.17, 15) is 0 Å². The highest BCUT2D eigenvalue weighted by molar-refractivity contribution is 5.85. The van der Waals surface area contributed by atoms with Gasteiger partial charge in [0.15, 0.2) is 0 Å². The van der Waals surface area contributed by atoms with E-state index in [1.165, 1.54) is 56.2 Å². The molecule has 4 nitrogen and oxygen atoms in total. The molecule has 204 valence electrons. The van der Waals surface area contributed by atoms with Gasteiger partial charge in [0.1, 0.15) is 24.0 Å². The van der Waals surface area contributed by atoms with E-state index in [1.807, 2.05) is 12.1 Å². The van der Waals surface area contributed by atoms with Crippen LogP contribution in [0.4, 0.5) is 8.78 Å². The predicted molar refractivity (Wildman–Crippen MR) is 149 cm³/mol. The molecule has 1 saturated heterocycles. The lowest BCUT2D eigenvalue weighted by Gasteiger charge is -2.43. The molecule has 2 fully saturated rings. The molecule has 1 aromatic heterocycles. The Labute approximate surface area is 225 Å². The van der Waals surface area contributed by atoms with Crippen LogP contribution in [-0.4, -0.2) is 53.6 Å². The molecule has 2 aromatic carbocycles. The number of ether oxygens (including phenoxy) is 1. The van der Waals surface area contributed by atoms with E-state index in [0.29, 0.717) is 12.5 Å². The van der Waals surface area contributed by atoms with Crippen LogP contribution in [-0.2, 0) is 6.42 Å². The average molecular weight is 522 g/mol. The summed E-state index contributed by atoms with van der Waals surface area (Å²) in [5.41, 5.74) is 3.30. The summed E-state index contributed by atoms with van der Waals surface area (Å²) < 4.78 is 37.7. The van der Waals surface area contributed by atoms with Crippen LogP contribution in [0.5, 0.6) is 5.75 Å². The number of benzene rings is 2. The van der Waals surface area contributed by atoms with Crippen LogP contribution in [0.2, 0.25) is 0 Å². The number of para-hydroxylation sites is 1. The van der Waals surface area contributed by atoms with Crippen LogP contribution >= 0.6 is 0 Å². The van der Waals surface area contributed by atoms with Crippen LogP contribution in [0, 0.1) is 23.5 Å². The predicted octanol–water partition coefficient (Wildman–Crippen LogP) is 7.08. The molecule has 3 aliphatic rings. The van der Waals surface area contributed by atoms with Gasteiger partial charge in [-0.1, -0.05) is 50.8 Å². The highest BCUT2D eigenvalue weighted by Gasteiger charge is 2.39. The number of hydrogen-bond donors (Lipinski definition) is 1. The van der Waals surface area contributed by atoms with Crippen molar-refractivity contribution in [2.45, 2.75) is 70.9 Å². The summed E-state index contributed by atoms with van der Waals surface area (Å²) in [6.07, 6.45) is 8.27. The van der Waals surface area contributed by atoms with Crippen molar-refractivity contribution in [3.05, 3.63) is 64.9 Å². The van der Waals surface area contributed by atoms with Gasteiger partial charge in [-0.3, -0.25) is 9.80 Å². The van der Waals surface area contributed by atoms with Gasteiger partial charge < -0.3 is 9.72 Å². The third kappa shape index (κ3) is 4.98. The number of aromatic amines is 1. The van der Waals surface area contributed by atoms with Crippen LogP contribution < -0.4 is 4.74 Å². The van der Waals surface area contributed by atoms with Crippen LogP contribution in [0.3, 0.4) is 0 Å². The first-order valence-electron chi connectivity index (χ1n) is 14.7. The lowest BCUT2D eigenvalue weighted by atomic mass is 9.84. The summed E-state index contributed by atoms with van der Waals surface area (Å²) in [5, 5.41) is 1.16. The monoisotopic (exact) mass is 521 g/mol. The Bertz CT molecular complexity index is 1240. The average Bonchev–Trinajstić information content (AvgIpc) is 3.25. The molecule has 38 heavy (non-hydrogen) atoms. The quantitative estimate of drug-likeness (QED) is 0.344. The van der Waals surface area contributed by atoms with Crippen LogP contribution in [0.1, 0.15) is 75.2 Å². The number of aromatic nitrogens is 1. The van der Waals surface area contributed by atoms with Crippen molar-refractivity contribution < 1.29 is 13.5 Å². The Morgan fingerprint density at radius 1 is 1.00 bits per heavy atom. The van der Waals surface area contributed by atoms with Gasteiger partial charge in [0.05, 0.1) is 6.04 Å². The van der Waals surface area contributed by atoms with E-state index in [-0.39, 0.29) is 17.4 Å². The minimum absolute atomic E-state index is 0.140. The largest absolute Gasteiger partial charge is 0.492 e. The highest BCUT2D eigenvalue weighted by Crippen LogP contribution is 2.44. The summed E-state index contributed by atoms with van der Waals surface area (Å²) in [4.78, 5) is 8.28. The molecule has 0 spiro atoms. The smallest absolute Gasteiger partial charge is 0.135 e. The van der Waals surface area contributed by atoms with Crippen LogP contribution in [0.25, 0.3) is 10.9 Å². The summed E-state index contributed by atoms with van der Waals surface area (Å²) in [6, 6.07) is 10.7. The van der Waals surface area contributed by atoms with Gasteiger partial charge in [-0.2, -0.15) is 0 Å². The molecular formula is C32H41F2N3O. The minimum atomic E-state index is -0.521. The number of nitrogens with zero attached hydrogens (tertiary/aromatic N) is 2. The number of halogens is 2.